The van der Waals surface area contributed by atoms with E-state index in [1.54, 1.807) is 0 Å². The van der Waals surface area contributed by atoms with Gasteiger partial charge in [0.2, 0.25) is 0 Å². The number of aryl methyl sites for hydroxylation is 1. The molecular weight excluding hydrogens is 146 g/mol. The van der Waals surface area contributed by atoms with E-state index in [2.05, 4.69) is 29.8 Å². The van der Waals surface area contributed by atoms with Gasteiger partial charge in [-0.2, -0.15) is 0 Å². The van der Waals surface area contributed by atoms with Gasteiger partial charge in [0, 0.05) is 17.6 Å². The Labute approximate surface area is 72.3 Å². The van der Waals surface area contributed by atoms with Gasteiger partial charge in [-0.05, 0) is 37.3 Å². The Bertz CT molecular complexity index is 360. The van der Waals surface area contributed by atoms with E-state index in [9.17, 15) is 0 Å². The van der Waals surface area contributed by atoms with Crippen molar-refractivity contribution < 1.29 is 0 Å². The van der Waals surface area contributed by atoms with Crippen molar-refractivity contribution in [2.75, 3.05) is 0 Å². The molecule has 0 unspecified atom stereocenters. The smallest absolute Gasteiger partial charge is 0.0452 e. The molecule has 12 heavy (non-hydrogen) atoms. The molecule has 0 aliphatic carbocycles. The van der Waals surface area contributed by atoms with Crippen LogP contribution >= 0.6 is 0 Å². The topological polar surface area (TPSA) is 4.93 Å². The fourth-order valence-corrected chi connectivity index (χ4v) is 1.29. The van der Waals surface area contributed by atoms with Crippen molar-refractivity contribution in [3.63, 3.8) is 0 Å². The van der Waals surface area contributed by atoms with Gasteiger partial charge in [-0.1, -0.05) is 12.1 Å². The molecule has 1 aromatic heterocycles. The van der Waals surface area contributed by atoms with Crippen LogP contribution in [-0.4, -0.2) is 4.57 Å². The first-order valence-electron chi connectivity index (χ1n) is 3.98. The maximum atomic E-state index is 3.00. The van der Waals surface area contributed by atoms with Crippen molar-refractivity contribution in [1.82, 2.24) is 4.57 Å². The molecule has 1 nitrogen and oxygen atoms in total. The summed E-state index contributed by atoms with van der Waals surface area (Å²) in [5.41, 5.74) is 2.44. The van der Waals surface area contributed by atoms with E-state index in [-0.39, 0.29) is 0 Å². The SMILES string of the molecule is Cc1cccn1-c1cc[c]cc1. The third-order valence-corrected chi connectivity index (χ3v) is 1.93. The molecule has 0 aliphatic heterocycles. The maximum absolute atomic E-state index is 3.00. The van der Waals surface area contributed by atoms with Crippen LogP contribution < -0.4 is 0 Å². The summed E-state index contributed by atoms with van der Waals surface area (Å²) in [5, 5.41) is 0. The lowest BCUT2D eigenvalue weighted by Gasteiger charge is -2.04. The first-order chi connectivity index (χ1) is 5.88. The Hall–Kier alpha value is -1.50. The van der Waals surface area contributed by atoms with Gasteiger partial charge in [-0.25, -0.2) is 0 Å². The lowest BCUT2D eigenvalue weighted by atomic mass is 10.3. The Morgan fingerprint density at radius 3 is 2.50 bits per heavy atom. The fraction of sp³-hybridized carbons (Fsp3) is 0.0909. The molecular formula is C11H10N. The Morgan fingerprint density at radius 1 is 1.17 bits per heavy atom. The summed E-state index contributed by atoms with van der Waals surface area (Å²) in [6, 6.07) is 15.1. The van der Waals surface area contributed by atoms with Crippen molar-refractivity contribution in [1.29, 1.82) is 0 Å². The van der Waals surface area contributed by atoms with Crippen LogP contribution in [0.4, 0.5) is 0 Å². The quantitative estimate of drug-likeness (QED) is 0.598. The molecule has 0 bridgehead atoms. The molecule has 1 aromatic carbocycles. The van der Waals surface area contributed by atoms with E-state index in [4.69, 9.17) is 0 Å². The zero-order chi connectivity index (χ0) is 8.39. The second kappa shape index (κ2) is 2.86. The minimum absolute atomic E-state index is 1.19. The summed E-state index contributed by atoms with van der Waals surface area (Å²) in [6.07, 6.45) is 2.06. The zero-order valence-electron chi connectivity index (χ0n) is 6.99. The average molecular weight is 156 g/mol. The highest BCUT2D eigenvalue weighted by Gasteiger charge is 1.95. The monoisotopic (exact) mass is 156 g/mol. The van der Waals surface area contributed by atoms with Crippen LogP contribution in [0.5, 0.6) is 0 Å². The Balaban J connectivity index is 2.51. The second-order valence-electron chi connectivity index (χ2n) is 2.78. The van der Waals surface area contributed by atoms with Crippen LogP contribution in [0.1, 0.15) is 5.69 Å². The van der Waals surface area contributed by atoms with Gasteiger partial charge < -0.3 is 4.57 Å². The standard InChI is InChI=1S/C11H10N/c1-10-6-5-9-12(10)11-7-3-2-4-8-11/h3-9H,1H3. The summed E-state index contributed by atoms with van der Waals surface area (Å²) in [6.45, 7) is 2.09. The minimum atomic E-state index is 1.19. The van der Waals surface area contributed by atoms with Crippen molar-refractivity contribution in [2.45, 2.75) is 6.92 Å². The average Bonchev–Trinajstić information content (AvgIpc) is 2.53. The normalized spacial score (nSPS) is 10.1. The lowest BCUT2D eigenvalue weighted by molar-refractivity contribution is 1.02. The second-order valence-corrected chi connectivity index (χ2v) is 2.78. The highest BCUT2D eigenvalue weighted by atomic mass is 15.0. The van der Waals surface area contributed by atoms with Gasteiger partial charge in [0.05, 0.1) is 0 Å². The van der Waals surface area contributed by atoms with E-state index in [0.29, 0.717) is 0 Å². The molecule has 1 heteroatoms. The van der Waals surface area contributed by atoms with Crippen LogP contribution in [0.15, 0.2) is 42.6 Å². The third kappa shape index (κ3) is 1.14. The molecule has 0 fully saturated rings. The van der Waals surface area contributed by atoms with E-state index in [0.717, 1.165) is 0 Å². The summed E-state index contributed by atoms with van der Waals surface area (Å²) in [7, 11) is 0. The van der Waals surface area contributed by atoms with Gasteiger partial charge in [-0.15, -0.1) is 0 Å². The van der Waals surface area contributed by atoms with E-state index in [1.807, 2.05) is 30.3 Å². The van der Waals surface area contributed by atoms with Crippen molar-refractivity contribution >= 4 is 0 Å². The highest BCUT2D eigenvalue weighted by Crippen LogP contribution is 2.10. The summed E-state index contributed by atoms with van der Waals surface area (Å²) in [4.78, 5) is 0. The van der Waals surface area contributed by atoms with Gasteiger partial charge >= 0.3 is 0 Å². The van der Waals surface area contributed by atoms with E-state index < -0.39 is 0 Å². The molecule has 1 heterocycles. The van der Waals surface area contributed by atoms with E-state index >= 15 is 0 Å². The molecule has 0 amide bonds. The molecule has 0 saturated carbocycles. The number of rotatable bonds is 1. The molecule has 0 spiro atoms. The maximum Gasteiger partial charge on any atom is 0.0452 e. The van der Waals surface area contributed by atoms with Gasteiger partial charge in [0.1, 0.15) is 0 Å². The molecule has 59 valence electrons. The number of hydrogen-bond acceptors (Lipinski definition) is 0. The van der Waals surface area contributed by atoms with E-state index in [1.165, 1.54) is 11.4 Å². The van der Waals surface area contributed by atoms with Crippen molar-refractivity contribution in [3.05, 3.63) is 54.4 Å². The van der Waals surface area contributed by atoms with Crippen molar-refractivity contribution in [2.24, 2.45) is 0 Å². The first-order valence-corrected chi connectivity index (χ1v) is 3.98. The number of nitrogens with zero attached hydrogens (tertiary/aromatic N) is 1. The molecule has 0 N–H and O–H groups in total. The minimum Gasteiger partial charge on any atom is -0.321 e. The Morgan fingerprint density at radius 2 is 1.92 bits per heavy atom. The van der Waals surface area contributed by atoms with Gasteiger partial charge in [0.15, 0.2) is 0 Å². The van der Waals surface area contributed by atoms with Crippen LogP contribution in [0.25, 0.3) is 5.69 Å². The molecule has 0 atom stereocenters. The number of hydrogen-bond donors (Lipinski definition) is 0. The summed E-state index contributed by atoms with van der Waals surface area (Å²) >= 11 is 0. The Kier molecular flexibility index (Phi) is 1.71. The largest absolute Gasteiger partial charge is 0.321 e. The fourth-order valence-electron chi connectivity index (χ4n) is 1.29. The lowest BCUT2D eigenvalue weighted by Crippen LogP contribution is -1.92. The van der Waals surface area contributed by atoms with Gasteiger partial charge in [-0.3, -0.25) is 0 Å². The highest BCUT2D eigenvalue weighted by molar-refractivity contribution is 5.33. The zero-order valence-corrected chi connectivity index (χ0v) is 6.99. The molecule has 2 rings (SSSR count). The summed E-state index contributed by atoms with van der Waals surface area (Å²) < 4.78 is 2.15. The predicted molar refractivity (Wildman–Crippen MR) is 49.3 cm³/mol. The van der Waals surface area contributed by atoms with Crippen LogP contribution in [0.2, 0.25) is 0 Å². The number of aromatic nitrogens is 1. The number of benzene rings is 1. The van der Waals surface area contributed by atoms with Crippen LogP contribution in [0.3, 0.4) is 0 Å². The van der Waals surface area contributed by atoms with Crippen LogP contribution in [-0.2, 0) is 0 Å². The van der Waals surface area contributed by atoms with Crippen LogP contribution in [0, 0.1) is 13.0 Å². The van der Waals surface area contributed by atoms with Crippen molar-refractivity contribution in [3.8, 4) is 5.69 Å². The predicted octanol–water partition coefficient (Wildman–Crippen LogP) is 2.59. The first kappa shape index (κ1) is 7.17. The molecule has 1 radical (unpaired) electrons. The van der Waals surface area contributed by atoms with Gasteiger partial charge in [0.25, 0.3) is 0 Å². The molecule has 2 aromatic rings. The summed E-state index contributed by atoms with van der Waals surface area (Å²) in [5.74, 6) is 0. The third-order valence-electron chi connectivity index (χ3n) is 1.93. The molecule has 0 saturated heterocycles. The molecule has 0 aliphatic rings.